The number of anilines is 1. The Bertz CT molecular complexity index is 621. The van der Waals surface area contributed by atoms with Gasteiger partial charge in [-0.05, 0) is 44.7 Å². The van der Waals surface area contributed by atoms with Gasteiger partial charge in [-0.3, -0.25) is 0 Å². The third-order valence-electron chi connectivity index (χ3n) is 4.97. The van der Waals surface area contributed by atoms with Crippen molar-refractivity contribution >= 4 is 15.8 Å². The van der Waals surface area contributed by atoms with Crippen LogP contribution in [0.5, 0.6) is 0 Å². The van der Waals surface area contributed by atoms with Gasteiger partial charge in [0.2, 0.25) is 10.0 Å². The summed E-state index contributed by atoms with van der Waals surface area (Å²) in [5.41, 5.74) is 0. The van der Waals surface area contributed by atoms with Gasteiger partial charge < -0.3 is 10.1 Å². The monoisotopic (exact) mass is 353 g/mol. The molecule has 1 aromatic rings. The van der Waals surface area contributed by atoms with E-state index in [-0.39, 0.29) is 10.9 Å². The van der Waals surface area contributed by atoms with Crippen molar-refractivity contribution < 1.29 is 13.2 Å². The Balaban J connectivity index is 1.64. The van der Waals surface area contributed by atoms with E-state index in [1.807, 2.05) is 0 Å². The van der Waals surface area contributed by atoms with E-state index in [2.05, 4.69) is 17.2 Å². The molecule has 7 heteroatoms. The second kappa shape index (κ2) is 7.80. The lowest BCUT2D eigenvalue weighted by molar-refractivity contribution is 0.0496. The van der Waals surface area contributed by atoms with Crippen molar-refractivity contribution in [2.75, 3.05) is 31.6 Å². The highest BCUT2D eigenvalue weighted by Crippen LogP contribution is 2.23. The Morgan fingerprint density at radius 3 is 2.67 bits per heavy atom. The van der Waals surface area contributed by atoms with E-state index in [1.165, 1.54) is 6.20 Å². The minimum atomic E-state index is -3.40. The molecule has 6 nitrogen and oxygen atoms in total. The highest BCUT2D eigenvalue weighted by Gasteiger charge is 2.26. The number of hydrogen-bond acceptors (Lipinski definition) is 5. The third-order valence-corrected chi connectivity index (χ3v) is 6.85. The van der Waals surface area contributed by atoms with E-state index in [1.54, 1.807) is 16.4 Å². The summed E-state index contributed by atoms with van der Waals surface area (Å²) in [7, 11) is -3.40. The second-order valence-electron chi connectivity index (χ2n) is 6.75. The lowest BCUT2D eigenvalue weighted by Crippen LogP contribution is -2.35. The molecular formula is C17H27N3O3S. The molecule has 24 heavy (non-hydrogen) atoms. The van der Waals surface area contributed by atoms with Crippen molar-refractivity contribution in [3.05, 3.63) is 18.3 Å². The van der Waals surface area contributed by atoms with Crippen LogP contribution in [0.3, 0.4) is 0 Å². The summed E-state index contributed by atoms with van der Waals surface area (Å²) in [6.45, 7) is 4.97. The van der Waals surface area contributed by atoms with E-state index in [9.17, 15) is 8.42 Å². The summed E-state index contributed by atoms with van der Waals surface area (Å²) in [4.78, 5) is 4.60. The van der Waals surface area contributed by atoms with Gasteiger partial charge in [0.15, 0.2) is 0 Å². The fraction of sp³-hybridized carbons (Fsp3) is 0.706. The van der Waals surface area contributed by atoms with Crippen molar-refractivity contribution in [1.82, 2.24) is 9.29 Å². The molecule has 1 N–H and O–H groups in total. The number of piperidine rings is 1. The Morgan fingerprint density at radius 2 is 2.04 bits per heavy atom. The fourth-order valence-corrected chi connectivity index (χ4v) is 4.85. The average molecular weight is 353 g/mol. The minimum absolute atomic E-state index is 0.252. The molecule has 0 radical (unpaired) electrons. The van der Waals surface area contributed by atoms with Crippen LogP contribution in [0.1, 0.15) is 39.0 Å². The Kier molecular flexibility index (Phi) is 5.73. The largest absolute Gasteiger partial charge is 0.381 e. The molecule has 2 unspecified atom stereocenters. The molecule has 2 atom stereocenters. The van der Waals surface area contributed by atoms with Crippen LogP contribution in [0.15, 0.2) is 23.2 Å². The molecule has 0 amide bonds. The number of hydrogen-bond donors (Lipinski definition) is 1. The van der Waals surface area contributed by atoms with E-state index < -0.39 is 10.0 Å². The van der Waals surface area contributed by atoms with Crippen LogP contribution in [0.25, 0.3) is 0 Å². The number of nitrogens with zero attached hydrogens (tertiary/aromatic N) is 2. The SMILES string of the molecule is CC(Nc1ccc(S(=O)(=O)N2CCCCC2)cn1)C1CCCOC1. The van der Waals surface area contributed by atoms with Crippen LogP contribution in [0.2, 0.25) is 0 Å². The van der Waals surface area contributed by atoms with Crippen LogP contribution < -0.4 is 5.32 Å². The fourth-order valence-electron chi connectivity index (χ4n) is 3.38. The number of ether oxygens (including phenoxy) is 1. The summed E-state index contributed by atoms with van der Waals surface area (Å²) in [5, 5.41) is 3.37. The Morgan fingerprint density at radius 1 is 1.25 bits per heavy atom. The van der Waals surface area contributed by atoms with Crippen LogP contribution in [-0.4, -0.2) is 50.1 Å². The van der Waals surface area contributed by atoms with Crippen molar-refractivity contribution in [3.8, 4) is 0 Å². The zero-order chi connectivity index (χ0) is 17.0. The Labute approximate surface area is 144 Å². The van der Waals surface area contributed by atoms with Gasteiger partial charge >= 0.3 is 0 Å². The molecule has 3 rings (SSSR count). The number of rotatable bonds is 5. The number of aromatic nitrogens is 1. The van der Waals surface area contributed by atoms with E-state index in [4.69, 9.17) is 4.74 Å². The van der Waals surface area contributed by atoms with E-state index in [0.29, 0.717) is 24.8 Å². The van der Waals surface area contributed by atoms with Crippen LogP contribution in [0, 0.1) is 5.92 Å². The average Bonchev–Trinajstić information content (AvgIpc) is 2.63. The molecular weight excluding hydrogens is 326 g/mol. The van der Waals surface area contributed by atoms with Crippen LogP contribution in [0.4, 0.5) is 5.82 Å². The first-order valence-electron chi connectivity index (χ1n) is 8.88. The maximum atomic E-state index is 12.6. The maximum absolute atomic E-state index is 12.6. The highest BCUT2D eigenvalue weighted by molar-refractivity contribution is 7.89. The zero-order valence-electron chi connectivity index (χ0n) is 14.3. The summed E-state index contributed by atoms with van der Waals surface area (Å²) >= 11 is 0. The van der Waals surface area contributed by atoms with Gasteiger partial charge in [0.05, 0.1) is 6.61 Å². The molecule has 0 aliphatic carbocycles. The maximum Gasteiger partial charge on any atom is 0.244 e. The summed E-state index contributed by atoms with van der Waals surface area (Å²) < 4.78 is 32.3. The first-order chi connectivity index (χ1) is 11.6. The van der Waals surface area contributed by atoms with Gasteiger partial charge in [-0.2, -0.15) is 4.31 Å². The normalized spacial score (nSPS) is 24.5. The molecule has 2 fully saturated rings. The zero-order valence-corrected chi connectivity index (χ0v) is 15.1. The van der Waals surface area contributed by atoms with Crippen molar-refractivity contribution in [1.29, 1.82) is 0 Å². The predicted molar refractivity (Wildman–Crippen MR) is 93.5 cm³/mol. The summed E-state index contributed by atoms with van der Waals surface area (Å²) in [6, 6.07) is 3.67. The smallest absolute Gasteiger partial charge is 0.244 e. The molecule has 0 aromatic carbocycles. The first kappa shape index (κ1) is 17.6. The number of sulfonamides is 1. The van der Waals surface area contributed by atoms with Gasteiger partial charge in [0.25, 0.3) is 0 Å². The standard InChI is InChI=1S/C17H27N3O3S/c1-14(15-6-5-11-23-13-15)19-17-8-7-16(12-18-17)24(21,22)20-9-3-2-4-10-20/h7-8,12,14-15H,2-6,9-11,13H2,1H3,(H,18,19). The van der Waals surface area contributed by atoms with Crippen molar-refractivity contribution in [2.45, 2.75) is 50.0 Å². The topological polar surface area (TPSA) is 71.5 Å². The Hall–Kier alpha value is -1.18. The predicted octanol–water partition coefficient (Wildman–Crippen LogP) is 2.48. The van der Waals surface area contributed by atoms with Gasteiger partial charge in [-0.1, -0.05) is 6.42 Å². The van der Waals surface area contributed by atoms with Gasteiger partial charge in [0.1, 0.15) is 10.7 Å². The molecule has 1 aromatic heterocycles. The first-order valence-corrected chi connectivity index (χ1v) is 10.3. The lowest BCUT2D eigenvalue weighted by atomic mass is 9.95. The van der Waals surface area contributed by atoms with E-state index in [0.717, 1.165) is 45.3 Å². The number of nitrogens with one attached hydrogen (secondary N) is 1. The van der Waals surface area contributed by atoms with Gasteiger partial charge in [-0.25, -0.2) is 13.4 Å². The molecule has 0 saturated carbocycles. The molecule has 0 spiro atoms. The van der Waals surface area contributed by atoms with Crippen molar-refractivity contribution in [3.63, 3.8) is 0 Å². The number of pyridine rings is 1. The molecule has 2 aliphatic rings. The van der Waals surface area contributed by atoms with Crippen molar-refractivity contribution in [2.24, 2.45) is 5.92 Å². The molecule has 0 bridgehead atoms. The quantitative estimate of drug-likeness (QED) is 0.880. The van der Waals surface area contributed by atoms with Gasteiger partial charge in [0, 0.05) is 37.9 Å². The third kappa shape index (κ3) is 4.07. The van der Waals surface area contributed by atoms with E-state index >= 15 is 0 Å². The highest BCUT2D eigenvalue weighted by atomic mass is 32.2. The molecule has 3 heterocycles. The van der Waals surface area contributed by atoms with Crippen LogP contribution >= 0.6 is 0 Å². The summed E-state index contributed by atoms with van der Waals surface area (Å²) in [5.74, 6) is 1.18. The molecule has 134 valence electrons. The minimum Gasteiger partial charge on any atom is -0.381 e. The summed E-state index contributed by atoms with van der Waals surface area (Å²) in [6.07, 6.45) is 6.69. The lowest BCUT2D eigenvalue weighted by Gasteiger charge is -2.28. The second-order valence-corrected chi connectivity index (χ2v) is 8.69. The van der Waals surface area contributed by atoms with Gasteiger partial charge in [-0.15, -0.1) is 0 Å². The molecule has 2 aliphatic heterocycles. The molecule has 2 saturated heterocycles. The van der Waals surface area contributed by atoms with Crippen LogP contribution in [-0.2, 0) is 14.8 Å².